The number of hydrogen-bond acceptors (Lipinski definition) is 4. The van der Waals surface area contributed by atoms with E-state index in [9.17, 15) is 4.79 Å². The second-order valence-corrected chi connectivity index (χ2v) is 6.31. The first-order valence-electron chi connectivity index (χ1n) is 8.12. The fourth-order valence-corrected chi connectivity index (χ4v) is 3.19. The van der Waals surface area contributed by atoms with Gasteiger partial charge in [-0.05, 0) is 30.3 Å². The minimum atomic E-state index is -0.375. The summed E-state index contributed by atoms with van der Waals surface area (Å²) in [5, 5.41) is 3.94. The van der Waals surface area contributed by atoms with Gasteiger partial charge >= 0.3 is 0 Å². The maximum absolute atomic E-state index is 13.0. The van der Waals surface area contributed by atoms with Crippen LogP contribution >= 0.6 is 11.6 Å². The molecule has 2 heterocycles. The van der Waals surface area contributed by atoms with Crippen LogP contribution in [-0.4, -0.2) is 18.0 Å². The molecule has 0 aliphatic carbocycles. The Morgan fingerprint density at radius 3 is 2.73 bits per heavy atom. The molecule has 1 aliphatic heterocycles. The van der Waals surface area contributed by atoms with Crippen LogP contribution in [0.15, 0.2) is 66.9 Å². The molecule has 1 amide bonds. The molecule has 0 fully saturated rings. The van der Waals surface area contributed by atoms with E-state index in [0.717, 1.165) is 17.0 Å². The predicted molar refractivity (Wildman–Crippen MR) is 102 cm³/mol. The molecule has 6 heteroatoms. The fraction of sp³-hybridized carbons (Fsp3) is 0.100. The number of benzene rings is 2. The van der Waals surface area contributed by atoms with Gasteiger partial charge in [-0.2, -0.15) is 0 Å². The Labute approximate surface area is 156 Å². The monoisotopic (exact) mass is 365 g/mol. The molecule has 0 saturated carbocycles. The zero-order valence-electron chi connectivity index (χ0n) is 14.0. The minimum absolute atomic E-state index is 0.101. The SMILES string of the molecule is COc1cccc(NC2c3ccccc3C(=O)N2c2ccc(Cl)cn2)c1. The van der Waals surface area contributed by atoms with Gasteiger partial charge in [0.05, 0.1) is 12.1 Å². The van der Waals surface area contributed by atoms with Gasteiger partial charge in [-0.3, -0.25) is 9.69 Å². The Bertz CT molecular complexity index is 959. The number of pyridine rings is 1. The molecule has 0 bridgehead atoms. The van der Waals surface area contributed by atoms with Gasteiger partial charge in [0.1, 0.15) is 17.7 Å². The maximum atomic E-state index is 13.0. The van der Waals surface area contributed by atoms with Crippen molar-refractivity contribution in [1.29, 1.82) is 0 Å². The van der Waals surface area contributed by atoms with E-state index < -0.39 is 0 Å². The highest BCUT2D eigenvalue weighted by atomic mass is 35.5. The smallest absolute Gasteiger partial charge is 0.261 e. The van der Waals surface area contributed by atoms with E-state index in [0.29, 0.717) is 16.4 Å². The van der Waals surface area contributed by atoms with Crippen LogP contribution in [0.4, 0.5) is 11.5 Å². The van der Waals surface area contributed by atoms with Gasteiger partial charge in [0, 0.05) is 29.1 Å². The molecule has 1 unspecified atom stereocenters. The Balaban J connectivity index is 1.76. The van der Waals surface area contributed by atoms with Crippen LogP contribution in [0.1, 0.15) is 22.1 Å². The van der Waals surface area contributed by atoms with Crippen LogP contribution in [0.5, 0.6) is 5.75 Å². The number of carbonyl (C=O) groups excluding carboxylic acids is 1. The van der Waals surface area contributed by atoms with Crippen molar-refractivity contribution in [2.24, 2.45) is 0 Å². The van der Waals surface area contributed by atoms with E-state index in [1.807, 2.05) is 48.5 Å². The third-order valence-corrected chi connectivity index (χ3v) is 4.52. The van der Waals surface area contributed by atoms with Crippen molar-refractivity contribution < 1.29 is 9.53 Å². The number of nitrogens with zero attached hydrogens (tertiary/aromatic N) is 2. The number of methoxy groups -OCH3 is 1. The van der Waals surface area contributed by atoms with Crippen LogP contribution < -0.4 is 15.0 Å². The Morgan fingerprint density at radius 2 is 1.96 bits per heavy atom. The standard InChI is InChI=1S/C20H16ClN3O2/c1-26-15-6-4-5-14(11-15)23-19-16-7-2-3-8-17(16)20(25)24(19)18-10-9-13(21)12-22-18/h2-12,19,23H,1H3. The van der Waals surface area contributed by atoms with Gasteiger partial charge in [-0.1, -0.05) is 35.9 Å². The molecule has 0 saturated heterocycles. The molecule has 4 rings (SSSR count). The molecule has 26 heavy (non-hydrogen) atoms. The number of anilines is 2. The van der Waals surface area contributed by atoms with Crippen LogP contribution in [0, 0.1) is 0 Å². The Hall–Kier alpha value is -3.05. The van der Waals surface area contributed by atoms with Crippen LogP contribution in [-0.2, 0) is 0 Å². The van der Waals surface area contributed by atoms with Gasteiger partial charge < -0.3 is 10.1 Å². The Kier molecular flexibility index (Phi) is 4.22. The number of ether oxygens (including phenoxy) is 1. The highest BCUT2D eigenvalue weighted by Crippen LogP contribution is 2.37. The van der Waals surface area contributed by atoms with Crippen LogP contribution in [0.25, 0.3) is 0 Å². The van der Waals surface area contributed by atoms with Crippen molar-refractivity contribution in [3.8, 4) is 5.75 Å². The summed E-state index contributed by atoms with van der Waals surface area (Å²) in [6.45, 7) is 0. The molecule has 130 valence electrons. The first-order chi connectivity index (χ1) is 12.7. The number of fused-ring (bicyclic) bond motifs is 1. The summed E-state index contributed by atoms with van der Waals surface area (Å²) in [6.07, 6.45) is 1.16. The largest absolute Gasteiger partial charge is 0.497 e. The minimum Gasteiger partial charge on any atom is -0.497 e. The van der Waals surface area contributed by atoms with Crippen LogP contribution in [0.3, 0.4) is 0 Å². The molecule has 2 aromatic carbocycles. The average molecular weight is 366 g/mol. The zero-order valence-corrected chi connectivity index (χ0v) is 14.8. The summed E-state index contributed by atoms with van der Waals surface area (Å²) < 4.78 is 5.29. The Morgan fingerprint density at radius 1 is 1.12 bits per heavy atom. The third-order valence-electron chi connectivity index (χ3n) is 4.29. The molecular weight excluding hydrogens is 350 g/mol. The van der Waals surface area contributed by atoms with Gasteiger partial charge in [-0.15, -0.1) is 0 Å². The van der Waals surface area contributed by atoms with Crippen molar-refractivity contribution in [3.63, 3.8) is 0 Å². The maximum Gasteiger partial charge on any atom is 0.261 e. The molecular formula is C20H16ClN3O2. The van der Waals surface area contributed by atoms with Crippen LogP contribution in [0.2, 0.25) is 5.02 Å². The molecule has 0 spiro atoms. The first kappa shape index (κ1) is 16.4. The number of aromatic nitrogens is 1. The molecule has 1 atom stereocenters. The first-order valence-corrected chi connectivity index (χ1v) is 8.50. The van der Waals surface area contributed by atoms with E-state index in [4.69, 9.17) is 16.3 Å². The highest BCUT2D eigenvalue weighted by molar-refractivity contribution is 6.30. The number of halogens is 1. The summed E-state index contributed by atoms with van der Waals surface area (Å²) >= 11 is 5.95. The lowest BCUT2D eigenvalue weighted by Crippen LogP contribution is -2.32. The quantitative estimate of drug-likeness (QED) is 0.738. The third kappa shape index (κ3) is 2.86. The number of hydrogen-bond donors (Lipinski definition) is 1. The van der Waals surface area contributed by atoms with Gasteiger partial charge in [-0.25, -0.2) is 4.98 Å². The molecule has 1 aromatic heterocycles. The fourth-order valence-electron chi connectivity index (χ4n) is 3.08. The summed E-state index contributed by atoms with van der Waals surface area (Å²) in [4.78, 5) is 19.0. The number of nitrogens with one attached hydrogen (secondary N) is 1. The summed E-state index contributed by atoms with van der Waals surface area (Å²) in [5.41, 5.74) is 2.40. The van der Waals surface area contributed by atoms with Crippen molar-refractivity contribution >= 4 is 29.0 Å². The topological polar surface area (TPSA) is 54.5 Å². The van der Waals surface area contributed by atoms with E-state index in [1.54, 1.807) is 24.1 Å². The molecule has 5 nitrogen and oxygen atoms in total. The summed E-state index contributed by atoms with van der Waals surface area (Å²) in [7, 11) is 1.62. The molecule has 1 aliphatic rings. The second kappa shape index (κ2) is 6.69. The van der Waals surface area contributed by atoms with Crippen molar-refractivity contribution in [2.75, 3.05) is 17.3 Å². The van der Waals surface area contributed by atoms with E-state index in [-0.39, 0.29) is 12.1 Å². The van der Waals surface area contributed by atoms with E-state index in [2.05, 4.69) is 10.3 Å². The lowest BCUT2D eigenvalue weighted by Gasteiger charge is -2.26. The van der Waals surface area contributed by atoms with Crippen molar-refractivity contribution in [3.05, 3.63) is 83.0 Å². The summed E-state index contributed by atoms with van der Waals surface area (Å²) in [6, 6.07) is 18.6. The number of carbonyl (C=O) groups is 1. The van der Waals surface area contributed by atoms with E-state index >= 15 is 0 Å². The molecule has 1 N–H and O–H groups in total. The lowest BCUT2D eigenvalue weighted by atomic mass is 10.1. The number of rotatable bonds is 4. The second-order valence-electron chi connectivity index (χ2n) is 5.88. The van der Waals surface area contributed by atoms with Gasteiger partial charge in [0.25, 0.3) is 5.91 Å². The average Bonchev–Trinajstić information content (AvgIpc) is 2.95. The highest BCUT2D eigenvalue weighted by Gasteiger charge is 2.38. The van der Waals surface area contributed by atoms with Crippen molar-refractivity contribution in [1.82, 2.24) is 4.98 Å². The number of amides is 1. The van der Waals surface area contributed by atoms with Crippen molar-refractivity contribution in [2.45, 2.75) is 6.17 Å². The van der Waals surface area contributed by atoms with Gasteiger partial charge in [0.2, 0.25) is 0 Å². The zero-order chi connectivity index (χ0) is 18.1. The lowest BCUT2D eigenvalue weighted by molar-refractivity contribution is 0.0992. The molecule has 0 radical (unpaired) electrons. The summed E-state index contributed by atoms with van der Waals surface area (Å²) in [5.74, 6) is 1.18. The predicted octanol–water partition coefficient (Wildman–Crippen LogP) is 4.51. The van der Waals surface area contributed by atoms with Gasteiger partial charge in [0.15, 0.2) is 0 Å². The van der Waals surface area contributed by atoms with E-state index in [1.165, 1.54) is 6.20 Å². The molecule has 3 aromatic rings. The normalized spacial score (nSPS) is 15.7.